The number of nitrogens with one attached hydrogen (secondary N) is 1. The summed E-state index contributed by atoms with van der Waals surface area (Å²) in [6.45, 7) is 1.92. The van der Waals surface area contributed by atoms with E-state index in [0.717, 1.165) is 5.56 Å². The lowest BCUT2D eigenvalue weighted by atomic mass is 10.1. The number of para-hydroxylation sites is 1. The van der Waals surface area contributed by atoms with Crippen molar-refractivity contribution >= 4 is 28.9 Å². The van der Waals surface area contributed by atoms with E-state index in [1.54, 1.807) is 6.07 Å². The molecular formula is C19H20N4O3. The number of carbonyl (C=O) groups is 2. The quantitative estimate of drug-likeness (QED) is 0.861. The number of primary amides is 1. The molecule has 0 fully saturated rings. The van der Waals surface area contributed by atoms with E-state index in [0.29, 0.717) is 17.1 Å². The predicted molar refractivity (Wildman–Crippen MR) is 100 cm³/mol. The average Bonchev–Trinajstić information content (AvgIpc) is 3.08. The number of methoxy groups -OCH3 is 1. The van der Waals surface area contributed by atoms with E-state index in [9.17, 15) is 9.59 Å². The van der Waals surface area contributed by atoms with Crippen molar-refractivity contribution in [2.75, 3.05) is 17.4 Å². The first-order valence-corrected chi connectivity index (χ1v) is 8.16. The average molecular weight is 352 g/mol. The third-order valence-electron chi connectivity index (χ3n) is 4.12. The highest BCUT2D eigenvalue weighted by Gasteiger charge is 2.35. The number of rotatable bonds is 5. The van der Waals surface area contributed by atoms with E-state index in [1.807, 2.05) is 49.4 Å². The molecule has 3 N–H and O–H groups in total. The van der Waals surface area contributed by atoms with E-state index in [2.05, 4.69) is 10.4 Å². The molecule has 0 bridgehead atoms. The molecule has 0 saturated heterocycles. The summed E-state index contributed by atoms with van der Waals surface area (Å²) < 4.78 is 5.27. The Hall–Kier alpha value is -3.35. The van der Waals surface area contributed by atoms with Crippen molar-refractivity contribution in [3.8, 4) is 5.75 Å². The number of anilines is 2. The zero-order valence-corrected chi connectivity index (χ0v) is 14.6. The maximum Gasteiger partial charge on any atom is 0.272 e. The number of aryl methyl sites for hydroxylation is 1. The Bertz CT molecular complexity index is 864. The fraction of sp³-hybridized carbons (Fsp3) is 0.211. The molecule has 2 amide bonds. The molecule has 0 saturated carbocycles. The Morgan fingerprint density at radius 2 is 1.96 bits per heavy atom. The minimum absolute atomic E-state index is 0.143. The van der Waals surface area contributed by atoms with E-state index in [1.165, 1.54) is 12.1 Å². The minimum Gasteiger partial charge on any atom is -0.495 e. The number of nitrogens with two attached hydrogens (primary N) is 1. The first-order valence-electron chi connectivity index (χ1n) is 8.16. The number of amides is 2. The molecule has 1 unspecified atom stereocenters. The summed E-state index contributed by atoms with van der Waals surface area (Å²) in [7, 11) is 1.54. The van der Waals surface area contributed by atoms with Crippen molar-refractivity contribution in [1.29, 1.82) is 0 Å². The summed E-state index contributed by atoms with van der Waals surface area (Å²) in [4.78, 5) is 24.5. The Kier molecular flexibility index (Phi) is 4.88. The number of hydrogen-bond acceptors (Lipinski definition) is 5. The normalized spacial score (nSPS) is 16.2. The highest BCUT2D eigenvalue weighted by Crippen LogP contribution is 2.27. The molecule has 0 spiro atoms. The molecule has 0 radical (unpaired) electrons. The maximum atomic E-state index is 12.7. The van der Waals surface area contributed by atoms with Gasteiger partial charge in [0.1, 0.15) is 17.5 Å². The van der Waals surface area contributed by atoms with Gasteiger partial charge in [-0.25, -0.2) is 0 Å². The van der Waals surface area contributed by atoms with Crippen LogP contribution in [0, 0.1) is 6.92 Å². The largest absolute Gasteiger partial charge is 0.495 e. The van der Waals surface area contributed by atoms with Gasteiger partial charge in [0.05, 0.1) is 18.5 Å². The van der Waals surface area contributed by atoms with Crippen LogP contribution in [0.15, 0.2) is 53.6 Å². The second-order valence-corrected chi connectivity index (χ2v) is 6.01. The van der Waals surface area contributed by atoms with Gasteiger partial charge in [-0.3, -0.25) is 14.6 Å². The summed E-state index contributed by atoms with van der Waals surface area (Å²) >= 11 is 0. The van der Waals surface area contributed by atoms with E-state index in [4.69, 9.17) is 10.5 Å². The first kappa shape index (κ1) is 17.5. The van der Waals surface area contributed by atoms with Crippen LogP contribution in [-0.4, -0.2) is 30.7 Å². The zero-order valence-electron chi connectivity index (χ0n) is 14.6. The molecule has 1 aliphatic rings. The van der Waals surface area contributed by atoms with Crippen molar-refractivity contribution in [2.45, 2.75) is 19.4 Å². The fourth-order valence-corrected chi connectivity index (χ4v) is 2.80. The van der Waals surface area contributed by atoms with Crippen LogP contribution in [0.1, 0.15) is 12.0 Å². The standard InChI is InChI=1S/C19H20N4O3/c1-12-8-9-17(26-2)14(10-12)21-19(25)15-11-16(18(20)24)23(22-15)13-6-4-3-5-7-13/h3-10,16H,11H2,1-2H3,(H2,20,24)(H,21,25). The molecule has 3 rings (SSSR count). The molecule has 1 heterocycles. The van der Waals surface area contributed by atoms with Crippen molar-refractivity contribution in [3.63, 3.8) is 0 Å². The molecule has 1 aliphatic heterocycles. The van der Waals surface area contributed by atoms with Gasteiger partial charge in [-0.05, 0) is 36.8 Å². The van der Waals surface area contributed by atoms with Crippen LogP contribution in [0.5, 0.6) is 5.75 Å². The molecular weight excluding hydrogens is 332 g/mol. The van der Waals surface area contributed by atoms with Gasteiger partial charge in [-0.2, -0.15) is 5.10 Å². The van der Waals surface area contributed by atoms with Gasteiger partial charge in [0.2, 0.25) is 5.91 Å². The number of nitrogens with zero attached hydrogens (tertiary/aromatic N) is 2. The van der Waals surface area contributed by atoms with Crippen LogP contribution in [0.3, 0.4) is 0 Å². The number of ether oxygens (including phenoxy) is 1. The van der Waals surface area contributed by atoms with Crippen LogP contribution < -0.4 is 20.8 Å². The van der Waals surface area contributed by atoms with Crippen molar-refractivity contribution in [1.82, 2.24) is 0 Å². The smallest absolute Gasteiger partial charge is 0.272 e. The van der Waals surface area contributed by atoms with Gasteiger partial charge in [0, 0.05) is 6.42 Å². The second kappa shape index (κ2) is 7.26. The lowest BCUT2D eigenvalue weighted by molar-refractivity contribution is -0.119. The van der Waals surface area contributed by atoms with Gasteiger partial charge in [-0.1, -0.05) is 24.3 Å². The van der Waals surface area contributed by atoms with Crippen molar-refractivity contribution in [3.05, 3.63) is 54.1 Å². The van der Waals surface area contributed by atoms with Crippen LogP contribution in [0.4, 0.5) is 11.4 Å². The van der Waals surface area contributed by atoms with Crippen LogP contribution in [0.2, 0.25) is 0 Å². The molecule has 7 nitrogen and oxygen atoms in total. The van der Waals surface area contributed by atoms with Crippen LogP contribution >= 0.6 is 0 Å². The molecule has 1 atom stereocenters. The minimum atomic E-state index is -0.697. The number of benzene rings is 2. The van der Waals surface area contributed by atoms with Crippen molar-refractivity contribution < 1.29 is 14.3 Å². The first-order chi connectivity index (χ1) is 12.5. The summed E-state index contributed by atoms with van der Waals surface area (Å²) in [5.41, 5.74) is 7.97. The van der Waals surface area contributed by atoms with Gasteiger partial charge in [-0.15, -0.1) is 0 Å². The zero-order chi connectivity index (χ0) is 18.7. The predicted octanol–water partition coefficient (Wildman–Crippen LogP) is 2.06. The fourth-order valence-electron chi connectivity index (χ4n) is 2.80. The monoisotopic (exact) mass is 352 g/mol. The summed E-state index contributed by atoms with van der Waals surface area (Å²) in [6, 6.07) is 13.9. The number of hydrogen-bond donors (Lipinski definition) is 2. The van der Waals surface area contributed by atoms with Gasteiger partial charge in [0.25, 0.3) is 5.91 Å². The van der Waals surface area contributed by atoms with Crippen LogP contribution in [0.25, 0.3) is 0 Å². The van der Waals surface area contributed by atoms with E-state index in [-0.39, 0.29) is 12.1 Å². The number of hydrazone groups is 1. The molecule has 0 aliphatic carbocycles. The van der Waals surface area contributed by atoms with Crippen molar-refractivity contribution in [2.24, 2.45) is 10.8 Å². The topological polar surface area (TPSA) is 97.0 Å². The Morgan fingerprint density at radius 3 is 2.62 bits per heavy atom. The molecule has 2 aromatic rings. The SMILES string of the molecule is COc1ccc(C)cc1NC(=O)C1=NN(c2ccccc2)C(C(N)=O)C1. The maximum absolute atomic E-state index is 12.7. The number of carbonyl (C=O) groups excluding carboxylic acids is 2. The van der Waals surface area contributed by atoms with E-state index >= 15 is 0 Å². The molecule has 26 heavy (non-hydrogen) atoms. The lowest BCUT2D eigenvalue weighted by Gasteiger charge is -2.20. The lowest BCUT2D eigenvalue weighted by Crippen LogP contribution is -2.39. The van der Waals surface area contributed by atoms with Gasteiger partial charge in [0.15, 0.2) is 0 Å². The van der Waals surface area contributed by atoms with E-state index < -0.39 is 17.9 Å². The highest BCUT2D eigenvalue weighted by atomic mass is 16.5. The second-order valence-electron chi connectivity index (χ2n) is 6.01. The van der Waals surface area contributed by atoms with Gasteiger partial charge >= 0.3 is 0 Å². The third-order valence-corrected chi connectivity index (χ3v) is 4.12. The van der Waals surface area contributed by atoms with Gasteiger partial charge < -0.3 is 15.8 Å². The molecule has 134 valence electrons. The summed E-state index contributed by atoms with van der Waals surface area (Å²) in [6.07, 6.45) is 0.143. The molecule has 7 heteroatoms. The molecule has 2 aromatic carbocycles. The Morgan fingerprint density at radius 1 is 1.23 bits per heavy atom. The summed E-state index contributed by atoms with van der Waals surface area (Å²) in [5, 5.41) is 8.62. The Labute approximate surface area is 151 Å². The summed E-state index contributed by atoms with van der Waals surface area (Å²) in [5.74, 6) is -0.374. The van der Waals surface area contributed by atoms with Crippen LogP contribution in [-0.2, 0) is 9.59 Å². The Balaban J connectivity index is 1.86. The highest BCUT2D eigenvalue weighted by molar-refractivity contribution is 6.44. The third kappa shape index (κ3) is 3.51. The molecule has 0 aromatic heterocycles.